The van der Waals surface area contributed by atoms with Crippen molar-refractivity contribution in [2.24, 2.45) is 4.99 Å². The van der Waals surface area contributed by atoms with Crippen molar-refractivity contribution in [2.45, 2.75) is 19.9 Å². The van der Waals surface area contributed by atoms with Crippen LogP contribution in [0.25, 0.3) is 0 Å². The third-order valence-electron chi connectivity index (χ3n) is 5.36. The van der Waals surface area contributed by atoms with E-state index in [1.807, 2.05) is 6.07 Å². The fraction of sp³-hybridized carbons (Fsp3) is 0.190. The highest BCUT2D eigenvalue weighted by Crippen LogP contribution is 2.56. The summed E-state index contributed by atoms with van der Waals surface area (Å²) in [5, 5.41) is 27.5. The molecule has 1 atom stereocenters. The lowest BCUT2D eigenvalue weighted by Gasteiger charge is -2.35. The quantitative estimate of drug-likeness (QED) is 0.253. The zero-order valence-corrected chi connectivity index (χ0v) is 20.8. The normalized spacial score (nSPS) is 16.9. The molecule has 0 spiro atoms. The summed E-state index contributed by atoms with van der Waals surface area (Å²) in [5.41, 5.74) is 0.120. The SMILES string of the molecule is Cc1nn(CCC#N)c2c1P(=O)(Nc1c(Cl)cc([N+](=O)[O-])cc1Cl)N(C)C(c1ccccc1F)=N2. The lowest BCUT2D eigenvalue weighted by atomic mass is 10.2. The molecule has 0 fully saturated rings. The molecule has 1 aliphatic rings. The molecule has 2 heterocycles. The third kappa shape index (κ3) is 4.25. The van der Waals surface area contributed by atoms with Crippen LogP contribution in [0, 0.1) is 34.2 Å². The van der Waals surface area contributed by atoms with Gasteiger partial charge < -0.3 is 5.09 Å². The van der Waals surface area contributed by atoms with Crippen molar-refractivity contribution in [3.05, 3.63) is 73.6 Å². The molecule has 14 heteroatoms. The Hall–Kier alpha value is -3.45. The maximum atomic E-state index is 14.8. The minimum Gasteiger partial charge on any atom is -0.314 e. The number of anilines is 1. The van der Waals surface area contributed by atoms with E-state index in [-0.39, 0.29) is 56.9 Å². The molecule has 1 N–H and O–H groups in total. The first-order valence-electron chi connectivity index (χ1n) is 10.1. The predicted molar refractivity (Wildman–Crippen MR) is 132 cm³/mol. The number of hydrogen-bond acceptors (Lipinski definition) is 6. The molecule has 0 amide bonds. The van der Waals surface area contributed by atoms with E-state index >= 15 is 0 Å². The number of non-ortho nitro benzene ring substituents is 1. The maximum Gasteiger partial charge on any atom is 0.296 e. The molecule has 180 valence electrons. The lowest BCUT2D eigenvalue weighted by Crippen LogP contribution is -2.37. The van der Waals surface area contributed by atoms with Crippen LogP contribution < -0.4 is 10.4 Å². The van der Waals surface area contributed by atoms with E-state index < -0.39 is 18.2 Å². The fourth-order valence-electron chi connectivity index (χ4n) is 3.72. The van der Waals surface area contributed by atoms with Gasteiger partial charge in [0.2, 0.25) is 0 Å². The molecule has 0 bridgehead atoms. The summed E-state index contributed by atoms with van der Waals surface area (Å²) < 4.78 is 32.2. The number of aromatic nitrogens is 2. The summed E-state index contributed by atoms with van der Waals surface area (Å²) in [4.78, 5) is 15.1. The van der Waals surface area contributed by atoms with Crippen molar-refractivity contribution in [3.8, 4) is 6.07 Å². The van der Waals surface area contributed by atoms with Gasteiger partial charge in [0.25, 0.3) is 13.1 Å². The van der Waals surface area contributed by atoms with Crippen molar-refractivity contribution in [3.63, 3.8) is 0 Å². The summed E-state index contributed by atoms with van der Waals surface area (Å²) in [6.45, 7) is 1.80. The number of aliphatic imine (C=N–C) groups is 1. The highest BCUT2D eigenvalue weighted by Gasteiger charge is 2.44. The topological polar surface area (TPSA) is 129 Å². The maximum absolute atomic E-state index is 14.8. The molecule has 1 unspecified atom stereocenters. The fourth-order valence-corrected chi connectivity index (χ4v) is 6.87. The molecule has 1 aliphatic heterocycles. The molecule has 0 radical (unpaired) electrons. The highest BCUT2D eigenvalue weighted by atomic mass is 35.5. The zero-order valence-electron chi connectivity index (χ0n) is 18.4. The number of nitrogens with zero attached hydrogens (tertiary/aromatic N) is 6. The molecule has 2 aromatic carbocycles. The molecule has 1 aromatic heterocycles. The second-order valence-corrected chi connectivity index (χ2v) is 10.8. The van der Waals surface area contributed by atoms with Gasteiger partial charge in [-0.25, -0.2) is 14.1 Å². The molecule has 0 aliphatic carbocycles. The van der Waals surface area contributed by atoms with Crippen molar-refractivity contribution in [1.82, 2.24) is 14.5 Å². The van der Waals surface area contributed by atoms with Crippen LogP contribution in [0.1, 0.15) is 17.7 Å². The Labute approximate surface area is 209 Å². The number of benzene rings is 2. The molecular weight excluding hydrogens is 519 g/mol. The first kappa shape index (κ1) is 24.7. The van der Waals surface area contributed by atoms with Crippen LogP contribution >= 0.6 is 30.6 Å². The minimum absolute atomic E-state index is 0.000903. The van der Waals surface area contributed by atoms with Crippen LogP contribution in [0.3, 0.4) is 0 Å². The second kappa shape index (κ2) is 9.30. The number of halogens is 3. The molecule has 0 saturated heterocycles. The van der Waals surface area contributed by atoms with Crippen molar-refractivity contribution >= 4 is 59.0 Å². The zero-order chi connectivity index (χ0) is 25.5. The van der Waals surface area contributed by atoms with E-state index in [0.29, 0.717) is 5.69 Å². The summed E-state index contributed by atoms with van der Waals surface area (Å²) >= 11 is 12.6. The van der Waals surface area contributed by atoms with Crippen molar-refractivity contribution < 1.29 is 13.9 Å². The molecule has 35 heavy (non-hydrogen) atoms. The Balaban J connectivity index is 1.94. The van der Waals surface area contributed by atoms with E-state index in [1.54, 1.807) is 13.0 Å². The summed E-state index contributed by atoms with van der Waals surface area (Å²) in [6.07, 6.45) is 0.117. The number of nitrogens with one attached hydrogen (secondary N) is 1. The van der Waals surface area contributed by atoms with Gasteiger partial charge in [-0.2, -0.15) is 10.4 Å². The van der Waals surface area contributed by atoms with Gasteiger partial charge in [-0.05, 0) is 19.1 Å². The van der Waals surface area contributed by atoms with Gasteiger partial charge in [0, 0.05) is 19.2 Å². The Morgan fingerprint density at radius 2 is 1.94 bits per heavy atom. The molecule has 10 nitrogen and oxygen atoms in total. The minimum atomic E-state index is -3.92. The van der Waals surface area contributed by atoms with Crippen molar-refractivity contribution in [2.75, 3.05) is 12.1 Å². The molecule has 0 saturated carbocycles. The molecule has 4 rings (SSSR count). The van der Waals surface area contributed by atoms with Crippen LogP contribution in [0.2, 0.25) is 10.0 Å². The smallest absolute Gasteiger partial charge is 0.296 e. The first-order valence-corrected chi connectivity index (χ1v) is 12.5. The number of rotatable bonds is 6. The van der Waals surface area contributed by atoms with Gasteiger partial charge in [0.1, 0.15) is 17.0 Å². The molecule has 3 aromatic rings. The Kier molecular flexibility index (Phi) is 6.56. The third-order valence-corrected chi connectivity index (χ3v) is 8.65. The number of nitro groups is 1. The van der Waals surface area contributed by atoms with Gasteiger partial charge in [0.05, 0.1) is 50.9 Å². The van der Waals surface area contributed by atoms with Crippen LogP contribution in [0.15, 0.2) is 41.4 Å². The second-order valence-electron chi connectivity index (χ2n) is 7.56. The van der Waals surface area contributed by atoms with E-state index in [2.05, 4.69) is 15.2 Å². The number of hydrogen-bond donors (Lipinski definition) is 1. The number of nitriles is 1. The van der Waals surface area contributed by atoms with Gasteiger partial charge in [-0.15, -0.1) is 0 Å². The number of fused-ring (bicyclic) bond motifs is 1. The monoisotopic (exact) mass is 535 g/mol. The Morgan fingerprint density at radius 1 is 1.29 bits per heavy atom. The number of nitro benzene ring substituents is 1. The largest absolute Gasteiger partial charge is 0.314 e. The van der Waals surface area contributed by atoms with Crippen LogP contribution in [0.5, 0.6) is 0 Å². The van der Waals surface area contributed by atoms with Gasteiger partial charge >= 0.3 is 0 Å². The van der Waals surface area contributed by atoms with E-state index in [9.17, 15) is 19.1 Å². The summed E-state index contributed by atoms with van der Waals surface area (Å²) in [6, 6.07) is 10.1. The standard InChI is InChI=1S/C21H17Cl2FN7O3P/c1-12-19-21(30(27-12)9-5-8-25)26-20(14-6-3-4-7-17(14)24)29(2)35(19,34)28-18-15(22)10-13(31(32)33)11-16(18)23/h3-4,6-7,10-11H,5,9H2,1-2H3,(H,28,34). The van der Waals surface area contributed by atoms with Crippen LogP contribution in [0.4, 0.5) is 21.6 Å². The summed E-state index contributed by atoms with van der Waals surface area (Å²) in [5.74, 6) is -0.336. The van der Waals surface area contributed by atoms with E-state index in [0.717, 1.165) is 12.1 Å². The summed E-state index contributed by atoms with van der Waals surface area (Å²) in [7, 11) is -2.45. The highest BCUT2D eigenvalue weighted by molar-refractivity contribution is 7.72. The average Bonchev–Trinajstić information content (AvgIpc) is 3.13. The van der Waals surface area contributed by atoms with Gasteiger partial charge in [0.15, 0.2) is 5.82 Å². The number of amidine groups is 1. The predicted octanol–water partition coefficient (Wildman–Crippen LogP) is 5.41. The van der Waals surface area contributed by atoms with E-state index in [1.165, 1.54) is 34.6 Å². The first-order chi connectivity index (χ1) is 16.6. The number of aryl methyl sites for hydroxylation is 2. The lowest BCUT2D eigenvalue weighted by molar-refractivity contribution is -0.384. The van der Waals surface area contributed by atoms with Crippen molar-refractivity contribution in [1.29, 1.82) is 5.26 Å². The Bertz CT molecular complexity index is 1460. The Morgan fingerprint density at radius 3 is 2.54 bits per heavy atom. The molecular formula is C21H17Cl2FN7O3P. The van der Waals surface area contributed by atoms with Gasteiger partial charge in [-0.1, -0.05) is 35.3 Å². The van der Waals surface area contributed by atoms with E-state index in [4.69, 9.17) is 28.5 Å². The van der Waals surface area contributed by atoms with Gasteiger partial charge in [-0.3, -0.25) is 19.3 Å². The average molecular weight is 536 g/mol. The van der Waals surface area contributed by atoms with Crippen LogP contribution in [-0.2, 0) is 11.1 Å². The van der Waals surface area contributed by atoms with Crippen LogP contribution in [-0.4, -0.2) is 32.3 Å².